The molecule has 1 aliphatic carbocycles. The molecule has 1 saturated carbocycles. The van der Waals surface area contributed by atoms with Crippen LogP contribution >= 0.6 is 0 Å². The van der Waals surface area contributed by atoms with Crippen molar-refractivity contribution >= 4 is 11.8 Å². The minimum atomic E-state index is -0.262. The van der Waals surface area contributed by atoms with Crippen LogP contribution in [-0.2, 0) is 9.59 Å². The average Bonchev–Trinajstić information content (AvgIpc) is 2.47. The van der Waals surface area contributed by atoms with Crippen LogP contribution in [0.4, 0.5) is 0 Å². The van der Waals surface area contributed by atoms with Gasteiger partial charge in [0.1, 0.15) is 12.1 Å². The van der Waals surface area contributed by atoms with Crippen LogP contribution in [0.1, 0.15) is 65.2 Å². The van der Waals surface area contributed by atoms with Gasteiger partial charge in [-0.15, -0.1) is 0 Å². The number of carbonyl (C=O) groups excluding carboxylic acids is 2. The van der Waals surface area contributed by atoms with E-state index in [1.54, 1.807) is 0 Å². The molecule has 1 N–H and O–H groups in total. The third-order valence-corrected chi connectivity index (χ3v) is 4.67. The number of carbonyl (C=O) groups is 2. The first-order valence-corrected chi connectivity index (χ1v) is 8.29. The molecule has 2 fully saturated rings. The number of amides is 2. The molecule has 20 heavy (non-hydrogen) atoms. The molecule has 0 aromatic rings. The standard InChI is InChI=1S/C16H28N2O2/c1-3-8-13-15(19)17-14(12-9-6-5-7-10-12)16(20)18(13)11-4-2/h12-14H,3-11H2,1-2H3,(H,17,19). The van der Waals surface area contributed by atoms with E-state index in [9.17, 15) is 9.59 Å². The molecule has 2 unspecified atom stereocenters. The summed E-state index contributed by atoms with van der Waals surface area (Å²) >= 11 is 0. The summed E-state index contributed by atoms with van der Waals surface area (Å²) < 4.78 is 0. The van der Waals surface area contributed by atoms with Gasteiger partial charge in [-0.05, 0) is 31.6 Å². The lowest BCUT2D eigenvalue weighted by molar-refractivity contribution is -0.151. The second-order valence-corrected chi connectivity index (χ2v) is 6.22. The van der Waals surface area contributed by atoms with Crippen LogP contribution in [0.5, 0.6) is 0 Å². The van der Waals surface area contributed by atoms with Crippen LogP contribution in [0.25, 0.3) is 0 Å². The third kappa shape index (κ3) is 3.15. The molecule has 4 nitrogen and oxygen atoms in total. The highest BCUT2D eigenvalue weighted by Crippen LogP contribution is 2.29. The number of nitrogens with zero attached hydrogens (tertiary/aromatic N) is 1. The Morgan fingerprint density at radius 1 is 1.10 bits per heavy atom. The molecular formula is C16H28N2O2. The maximum atomic E-state index is 12.8. The van der Waals surface area contributed by atoms with Crippen LogP contribution in [-0.4, -0.2) is 35.3 Å². The number of hydrogen-bond donors (Lipinski definition) is 1. The molecule has 2 rings (SSSR count). The van der Waals surface area contributed by atoms with E-state index in [-0.39, 0.29) is 23.9 Å². The summed E-state index contributed by atoms with van der Waals surface area (Å²) in [6.07, 6.45) is 8.42. The molecule has 2 amide bonds. The van der Waals surface area contributed by atoms with E-state index in [1.807, 2.05) is 4.90 Å². The summed E-state index contributed by atoms with van der Waals surface area (Å²) in [5.74, 6) is 0.578. The van der Waals surface area contributed by atoms with Crippen molar-refractivity contribution in [3.05, 3.63) is 0 Å². The van der Waals surface area contributed by atoms with Gasteiger partial charge in [0.2, 0.25) is 11.8 Å². The normalized spacial score (nSPS) is 28.6. The highest BCUT2D eigenvalue weighted by molar-refractivity contribution is 5.97. The molecular weight excluding hydrogens is 252 g/mol. The maximum absolute atomic E-state index is 12.8. The van der Waals surface area contributed by atoms with Gasteiger partial charge in [-0.25, -0.2) is 0 Å². The molecule has 0 radical (unpaired) electrons. The average molecular weight is 280 g/mol. The van der Waals surface area contributed by atoms with Gasteiger partial charge in [-0.1, -0.05) is 39.5 Å². The van der Waals surface area contributed by atoms with Crippen LogP contribution in [0, 0.1) is 5.92 Å². The van der Waals surface area contributed by atoms with Crippen molar-refractivity contribution in [2.45, 2.75) is 77.3 Å². The summed E-state index contributed by atoms with van der Waals surface area (Å²) in [6, 6.07) is -0.505. The first kappa shape index (κ1) is 15.3. The van der Waals surface area contributed by atoms with Crippen molar-refractivity contribution in [1.29, 1.82) is 0 Å². The van der Waals surface area contributed by atoms with E-state index in [0.29, 0.717) is 12.5 Å². The van der Waals surface area contributed by atoms with Crippen LogP contribution < -0.4 is 5.32 Å². The fourth-order valence-corrected chi connectivity index (χ4v) is 3.64. The topological polar surface area (TPSA) is 49.4 Å². The summed E-state index contributed by atoms with van der Waals surface area (Å²) in [5.41, 5.74) is 0. The minimum Gasteiger partial charge on any atom is -0.342 e. The predicted molar refractivity (Wildman–Crippen MR) is 79.2 cm³/mol. The second-order valence-electron chi connectivity index (χ2n) is 6.22. The molecule has 2 aliphatic rings. The second kappa shape index (κ2) is 7.09. The van der Waals surface area contributed by atoms with Gasteiger partial charge < -0.3 is 10.2 Å². The number of hydrogen-bond acceptors (Lipinski definition) is 2. The zero-order valence-corrected chi connectivity index (χ0v) is 12.9. The Kier molecular flexibility index (Phi) is 5.44. The Morgan fingerprint density at radius 3 is 2.40 bits per heavy atom. The van der Waals surface area contributed by atoms with Crippen molar-refractivity contribution in [2.75, 3.05) is 6.54 Å². The van der Waals surface area contributed by atoms with E-state index in [0.717, 1.165) is 32.1 Å². The van der Waals surface area contributed by atoms with Crippen molar-refractivity contribution < 1.29 is 9.59 Å². The minimum absolute atomic E-state index is 0.0653. The van der Waals surface area contributed by atoms with Gasteiger partial charge in [0, 0.05) is 6.54 Å². The molecule has 1 saturated heterocycles. The Hall–Kier alpha value is -1.06. The molecule has 0 aromatic heterocycles. The monoisotopic (exact) mass is 280 g/mol. The maximum Gasteiger partial charge on any atom is 0.246 e. The molecule has 1 aliphatic heterocycles. The van der Waals surface area contributed by atoms with Crippen molar-refractivity contribution in [3.8, 4) is 0 Å². The Balaban J connectivity index is 2.12. The van der Waals surface area contributed by atoms with Crippen LogP contribution in [0.15, 0.2) is 0 Å². The molecule has 0 aromatic carbocycles. The first-order chi connectivity index (χ1) is 9.69. The predicted octanol–water partition coefficient (Wildman–Crippen LogP) is 2.47. The van der Waals surface area contributed by atoms with Crippen molar-refractivity contribution in [3.63, 3.8) is 0 Å². The van der Waals surface area contributed by atoms with E-state index < -0.39 is 0 Å². The smallest absolute Gasteiger partial charge is 0.246 e. The lowest BCUT2D eigenvalue weighted by Crippen LogP contribution is -2.65. The Bertz CT molecular complexity index is 346. The van der Waals surface area contributed by atoms with Crippen molar-refractivity contribution in [2.24, 2.45) is 5.92 Å². The lowest BCUT2D eigenvalue weighted by Gasteiger charge is -2.42. The Morgan fingerprint density at radius 2 is 1.80 bits per heavy atom. The molecule has 0 bridgehead atoms. The van der Waals surface area contributed by atoms with Gasteiger partial charge >= 0.3 is 0 Å². The van der Waals surface area contributed by atoms with Gasteiger partial charge in [0.15, 0.2) is 0 Å². The molecule has 4 heteroatoms. The molecule has 114 valence electrons. The SMILES string of the molecule is CCCC1C(=O)NC(C2CCCCC2)C(=O)N1CCC. The van der Waals surface area contributed by atoms with E-state index >= 15 is 0 Å². The highest BCUT2D eigenvalue weighted by atomic mass is 16.2. The summed E-state index contributed by atoms with van der Waals surface area (Å²) in [5, 5.41) is 3.03. The summed E-state index contributed by atoms with van der Waals surface area (Å²) in [6.45, 7) is 4.84. The number of nitrogens with one attached hydrogen (secondary N) is 1. The highest BCUT2D eigenvalue weighted by Gasteiger charge is 2.42. The van der Waals surface area contributed by atoms with E-state index in [2.05, 4.69) is 19.2 Å². The summed E-state index contributed by atoms with van der Waals surface area (Å²) in [4.78, 5) is 27.0. The van der Waals surface area contributed by atoms with E-state index in [4.69, 9.17) is 0 Å². The van der Waals surface area contributed by atoms with Gasteiger partial charge in [0.25, 0.3) is 0 Å². The van der Waals surface area contributed by atoms with Crippen molar-refractivity contribution in [1.82, 2.24) is 10.2 Å². The molecule has 0 spiro atoms. The quantitative estimate of drug-likeness (QED) is 0.841. The fourth-order valence-electron chi connectivity index (χ4n) is 3.64. The van der Waals surface area contributed by atoms with Gasteiger partial charge in [0.05, 0.1) is 0 Å². The third-order valence-electron chi connectivity index (χ3n) is 4.67. The van der Waals surface area contributed by atoms with Crippen LogP contribution in [0.2, 0.25) is 0 Å². The van der Waals surface area contributed by atoms with Gasteiger partial charge in [-0.2, -0.15) is 0 Å². The number of piperazine rings is 1. The van der Waals surface area contributed by atoms with E-state index in [1.165, 1.54) is 19.3 Å². The zero-order chi connectivity index (χ0) is 14.5. The largest absolute Gasteiger partial charge is 0.342 e. The lowest BCUT2D eigenvalue weighted by atomic mass is 9.82. The van der Waals surface area contributed by atoms with Gasteiger partial charge in [-0.3, -0.25) is 9.59 Å². The number of rotatable bonds is 5. The molecule has 2 atom stereocenters. The first-order valence-electron chi connectivity index (χ1n) is 8.29. The molecule has 1 heterocycles. The fraction of sp³-hybridized carbons (Fsp3) is 0.875. The Labute approximate surface area is 122 Å². The zero-order valence-electron chi connectivity index (χ0n) is 12.9. The van der Waals surface area contributed by atoms with Crippen LogP contribution in [0.3, 0.4) is 0 Å². The summed E-state index contributed by atoms with van der Waals surface area (Å²) in [7, 11) is 0.